The number of carbonyl (C=O) groups is 2. The summed E-state index contributed by atoms with van der Waals surface area (Å²) in [5, 5.41) is 12.2. The topological polar surface area (TPSA) is 66.4 Å². The molecule has 2 N–H and O–H groups in total. The van der Waals surface area contributed by atoms with Crippen molar-refractivity contribution in [2.75, 3.05) is 0 Å². The number of nitrogens with one attached hydrogen (secondary N) is 1. The molecular weight excluding hydrogens is 230 g/mol. The van der Waals surface area contributed by atoms with E-state index in [2.05, 4.69) is 19.2 Å². The van der Waals surface area contributed by atoms with Crippen molar-refractivity contribution in [2.45, 2.75) is 58.4 Å². The van der Waals surface area contributed by atoms with Gasteiger partial charge in [0.25, 0.3) is 0 Å². The van der Waals surface area contributed by atoms with E-state index in [1.807, 2.05) is 0 Å². The second kappa shape index (κ2) is 4.90. The van der Waals surface area contributed by atoms with E-state index >= 15 is 0 Å². The fourth-order valence-electron chi connectivity index (χ4n) is 2.97. The van der Waals surface area contributed by atoms with E-state index in [1.165, 1.54) is 0 Å². The number of hydrogen-bond donors (Lipinski definition) is 2. The van der Waals surface area contributed by atoms with Crippen molar-refractivity contribution >= 4 is 11.9 Å². The molecule has 2 aliphatic rings. The lowest BCUT2D eigenvalue weighted by atomic mass is 9.94. The number of carboxylic acid groups (broad SMARTS) is 1. The van der Waals surface area contributed by atoms with Crippen LogP contribution in [0.2, 0.25) is 0 Å². The van der Waals surface area contributed by atoms with Crippen molar-refractivity contribution < 1.29 is 14.7 Å². The maximum Gasteiger partial charge on any atom is 0.308 e. The zero-order valence-electron chi connectivity index (χ0n) is 11.2. The first-order valence-corrected chi connectivity index (χ1v) is 6.95. The van der Waals surface area contributed by atoms with E-state index in [4.69, 9.17) is 0 Å². The van der Waals surface area contributed by atoms with Crippen LogP contribution in [0.1, 0.15) is 52.4 Å². The standard InChI is InChI=1S/C14H23NO3/c1-14(2)8-10(14)12(16)15-11-7-5-3-4-6-9(11)13(17)18/h9-11H,3-8H2,1-2H3,(H,15,16)(H,17,18)/t9-,10-,11+/m1/s1. The van der Waals surface area contributed by atoms with Crippen LogP contribution in [0.4, 0.5) is 0 Å². The van der Waals surface area contributed by atoms with E-state index in [0.29, 0.717) is 6.42 Å². The Balaban J connectivity index is 1.96. The Morgan fingerprint density at radius 3 is 2.33 bits per heavy atom. The molecule has 0 heterocycles. The summed E-state index contributed by atoms with van der Waals surface area (Å²) >= 11 is 0. The summed E-state index contributed by atoms with van der Waals surface area (Å²) in [7, 11) is 0. The average Bonchev–Trinajstić information content (AvgIpc) is 2.96. The van der Waals surface area contributed by atoms with Gasteiger partial charge in [0.1, 0.15) is 0 Å². The van der Waals surface area contributed by atoms with Crippen LogP contribution in [0.25, 0.3) is 0 Å². The van der Waals surface area contributed by atoms with E-state index in [0.717, 1.165) is 32.1 Å². The second-order valence-electron chi connectivity index (χ2n) is 6.44. The van der Waals surface area contributed by atoms with Crippen molar-refractivity contribution in [3.8, 4) is 0 Å². The molecule has 0 aromatic rings. The molecule has 2 aliphatic carbocycles. The van der Waals surface area contributed by atoms with Crippen molar-refractivity contribution in [1.29, 1.82) is 0 Å². The lowest BCUT2D eigenvalue weighted by Crippen LogP contribution is -2.43. The first-order valence-electron chi connectivity index (χ1n) is 6.95. The number of aliphatic carboxylic acids is 1. The van der Waals surface area contributed by atoms with Crippen molar-refractivity contribution in [3.05, 3.63) is 0 Å². The highest BCUT2D eigenvalue weighted by atomic mass is 16.4. The molecule has 0 aliphatic heterocycles. The Labute approximate surface area is 108 Å². The predicted molar refractivity (Wildman–Crippen MR) is 68.0 cm³/mol. The molecule has 0 saturated heterocycles. The Morgan fingerprint density at radius 2 is 1.78 bits per heavy atom. The third-order valence-corrected chi connectivity index (χ3v) is 4.49. The first-order chi connectivity index (χ1) is 8.42. The van der Waals surface area contributed by atoms with Gasteiger partial charge in [0.05, 0.1) is 5.92 Å². The number of hydrogen-bond acceptors (Lipinski definition) is 2. The molecule has 0 aromatic heterocycles. The number of carboxylic acids is 1. The van der Waals surface area contributed by atoms with Gasteiger partial charge in [-0.3, -0.25) is 9.59 Å². The highest BCUT2D eigenvalue weighted by Crippen LogP contribution is 2.51. The lowest BCUT2D eigenvalue weighted by Gasteiger charge is -2.23. The van der Waals surface area contributed by atoms with Gasteiger partial charge in [-0.05, 0) is 24.7 Å². The highest BCUT2D eigenvalue weighted by Gasteiger charge is 2.51. The van der Waals surface area contributed by atoms with E-state index < -0.39 is 11.9 Å². The third kappa shape index (κ3) is 2.85. The summed E-state index contributed by atoms with van der Waals surface area (Å²) in [6.45, 7) is 4.16. The zero-order valence-corrected chi connectivity index (χ0v) is 11.2. The van der Waals surface area contributed by atoms with E-state index in [1.54, 1.807) is 0 Å². The molecule has 4 nitrogen and oxygen atoms in total. The fraction of sp³-hybridized carbons (Fsp3) is 0.857. The maximum absolute atomic E-state index is 12.1. The lowest BCUT2D eigenvalue weighted by molar-refractivity contribution is -0.143. The summed E-state index contributed by atoms with van der Waals surface area (Å²) < 4.78 is 0. The zero-order chi connectivity index (χ0) is 13.3. The number of carbonyl (C=O) groups excluding carboxylic acids is 1. The summed E-state index contributed by atoms with van der Waals surface area (Å²) in [4.78, 5) is 23.3. The van der Waals surface area contributed by atoms with Gasteiger partial charge in [0.15, 0.2) is 0 Å². The van der Waals surface area contributed by atoms with Crippen LogP contribution in [0.15, 0.2) is 0 Å². The molecule has 2 rings (SSSR count). The molecule has 0 aromatic carbocycles. The van der Waals surface area contributed by atoms with Gasteiger partial charge in [0, 0.05) is 12.0 Å². The van der Waals surface area contributed by atoms with Gasteiger partial charge in [-0.25, -0.2) is 0 Å². The first kappa shape index (κ1) is 13.4. The van der Waals surface area contributed by atoms with Crippen LogP contribution in [0.5, 0.6) is 0 Å². The summed E-state index contributed by atoms with van der Waals surface area (Å²) in [5.41, 5.74) is 0.105. The number of amides is 1. The van der Waals surface area contributed by atoms with E-state index in [9.17, 15) is 14.7 Å². The summed E-state index contributed by atoms with van der Waals surface area (Å²) in [6.07, 6.45) is 5.46. The van der Waals surface area contributed by atoms with Gasteiger partial charge in [-0.2, -0.15) is 0 Å². The van der Waals surface area contributed by atoms with Gasteiger partial charge >= 0.3 is 5.97 Å². The second-order valence-corrected chi connectivity index (χ2v) is 6.44. The molecule has 0 unspecified atom stereocenters. The van der Waals surface area contributed by atoms with Gasteiger partial charge in [0.2, 0.25) is 5.91 Å². The molecule has 0 bridgehead atoms. The van der Waals surface area contributed by atoms with Crippen LogP contribution in [0, 0.1) is 17.3 Å². The smallest absolute Gasteiger partial charge is 0.308 e. The average molecular weight is 253 g/mol. The largest absolute Gasteiger partial charge is 0.481 e. The van der Waals surface area contributed by atoms with E-state index in [-0.39, 0.29) is 23.3 Å². The van der Waals surface area contributed by atoms with Crippen molar-refractivity contribution in [1.82, 2.24) is 5.32 Å². The normalized spacial score (nSPS) is 34.4. The molecule has 1 amide bonds. The predicted octanol–water partition coefficient (Wildman–Crippen LogP) is 2.18. The van der Waals surface area contributed by atoms with Crippen LogP contribution in [0.3, 0.4) is 0 Å². The van der Waals surface area contributed by atoms with Gasteiger partial charge in [-0.1, -0.05) is 33.1 Å². The minimum Gasteiger partial charge on any atom is -0.481 e. The molecule has 2 fully saturated rings. The molecule has 102 valence electrons. The van der Waals surface area contributed by atoms with Crippen LogP contribution >= 0.6 is 0 Å². The summed E-state index contributed by atoms with van der Waals surface area (Å²) in [6, 6.07) is -0.172. The van der Waals surface area contributed by atoms with Crippen LogP contribution in [-0.4, -0.2) is 23.0 Å². The van der Waals surface area contributed by atoms with Gasteiger partial charge < -0.3 is 10.4 Å². The minimum atomic E-state index is -0.766. The Bertz CT molecular complexity index is 351. The molecule has 3 atom stereocenters. The highest BCUT2D eigenvalue weighted by molar-refractivity contribution is 5.83. The minimum absolute atomic E-state index is 0.0538. The summed E-state index contributed by atoms with van der Waals surface area (Å²) in [5.74, 6) is -1.04. The third-order valence-electron chi connectivity index (χ3n) is 4.49. The SMILES string of the molecule is CC1(C)C[C@@H]1C(=O)N[C@H]1CCCCC[C@H]1C(=O)O. The van der Waals surface area contributed by atoms with Gasteiger partial charge in [-0.15, -0.1) is 0 Å². The molecule has 0 spiro atoms. The quantitative estimate of drug-likeness (QED) is 0.758. The van der Waals surface area contributed by atoms with Crippen molar-refractivity contribution in [2.24, 2.45) is 17.3 Å². The Hall–Kier alpha value is -1.06. The monoisotopic (exact) mass is 253 g/mol. The molecule has 4 heteroatoms. The molecule has 2 saturated carbocycles. The molecule has 18 heavy (non-hydrogen) atoms. The van der Waals surface area contributed by atoms with Crippen LogP contribution in [-0.2, 0) is 9.59 Å². The molecule has 0 radical (unpaired) electrons. The van der Waals surface area contributed by atoms with Crippen LogP contribution < -0.4 is 5.32 Å². The molecular formula is C14H23NO3. The Morgan fingerprint density at radius 1 is 1.17 bits per heavy atom. The Kier molecular flexibility index (Phi) is 3.64. The fourth-order valence-corrected chi connectivity index (χ4v) is 2.97. The van der Waals surface area contributed by atoms with Crippen molar-refractivity contribution in [3.63, 3.8) is 0 Å². The maximum atomic E-state index is 12.1. The number of rotatable bonds is 3.